The van der Waals surface area contributed by atoms with Crippen molar-refractivity contribution in [3.05, 3.63) is 18.0 Å². The Kier molecular flexibility index (Phi) is 3.39. The van der Waals surface area contributed by atoms with Crippen LogP contribution in [0.15, 0.2) is 12.3 Å². The van der Waals surface area contributed by atoms with Crippen molar-refractivity contribution in [2.75, 3.05) is 20.1 Å². The van der Waals surface area contributed by atoms with Crippen LogP contribution in [0.1, 0.15) is 38.3 Å². The van der Waals surface area contributed by atoms with Crippen LogP contribution in [0.25, 0.3) is 0 Å². The number of piperidine rings is 2. The third-order valence-electron chi connectivity index (χ3n) is 5.42. The summed E-state index contributed by atoms with van der Waals surface area (Å²) in [4.78, 5) is 5.28. The van der Waals surface area contributed by atoms with Crippen molar-refractivity contribution in [1.29, 1.82) is 0 Å². The van der Waals surface area contributed by atoms with Gasteiger partial charge < -0.3 is 0 Å². The molecule has 0 saturated carbocycles. The van der Waals surface area contributed by atoms with E-state index in [9.17, 15) is 0 Å². The Labute approximate surface area is 116 Å². The van der Waals surface area contributed by atoms with Crippen LogP contribution in [0.3, 0.4) is 0 Å². The maximum atomic E-state index is 4.30. The van der Waals surface area contributed by atoms with Crippen LogP contribution < -0.4 is 0 Å². The minimum Gasteiger partial charge on any atom is -0.299 e. The summed E-state index contributed by atoms with van der Waals surface area (Å²) in [5, 5.41) is 4.30. The van der Waals surface area contributed by atoms with Gasteiger partial charge in [-0.1, -0.05) is 0 Å². The van der Waals surface area contributed by atoms with Crippen molar-refractivity contribution >= 4 is 0 Å². The van der Waals surface area contributed by atoms with Crippen LogP contribution in [0.4, 0.5) is 0 Å². The lowest BCUT2D eigenvalue weighted by molar-refractivity contribution is -0.0497. The third kappa shape index (κ3) is 2.21. The van der Waals surface area contributed by atoms with Gasteiger partial charge in [0.15, 0.2) is 0 Å². The first-order valence-corrected chi connectivity index (χ1v) is 7.53. The number of hydrogen-bond acceptors (Lipinski definition) is 3. The highest BCUT2D eigenvalue weighted by molar-refractivity contribution is 5.06. The molecule has 106 valence electrons. The van der Waals surface area contributed by atoms with Crippen molar-refractivity contribution in [3.63, 3.8) is 0 Å². The number of nitrogens with zero attached hydrogens (tertiary/aromatic N) is 4. The van der Waals surface area contributed by atoms with Gasteiger partial charge in [0.1, 0.15) is 0 Å². The van der Waals surface area contributed by atoms with Gasteiger partial charge in [-0.2, -0.15) is 5.10 Å². The summed E-state index contributed by atoms with van der Waals surface area (Å²) >= 11 is 0. The SMILES string of the molecule is CN1CCC[C@H]2N(Cc3ccnn3C)CCC[C@@]21C. The summed E-state index contributed by atoms with van der Waals surface area (Å²) in [6.07, 6.45) is 7.24. The summed E-state index contributed by atoms with van der Waals surface area (Å²) in [6.45, 7) is 6.00. The fraction of sp³-hybridized carbons (Fsp3) is 0.800. The van der Waals surface area contributed by atoms with Crippen LogP contribution in [0, 0.1) is 0 Å². The average molecular weight is 262 g/mol. The van der Waals surface area contributed by atoms with Crippen LogP contribution in [0.2, 0.25) is 0 Å². The molecule has 0 aliphatic carbocycles. The van der Waals surface area contributed by atoms with Gasteiger partial charge in [0.2, 0.25) is 0 Å². The van der Waals surface area contributed by atoms with Gasteiger partial charge in [-0.05, 0) is 58.8 Å². The summed E-state index contributed by atoms with van der Waals surface area (Å²) in [6, 6.07) is 2.85. The molecule has 0 amide bonds. The lowest BCUT2D eigenvalue weighted by atomic mass is 9.76. The number of hydrogen-bond donors (Lipinski definition) is 0. The largest absolute Gasteiger partial charge is 0.299 e. The Morgan fingerprint density at radius 1 is 1.32 bits per heavy atom. The second kappa shape index (κ2) is 4.91. The maximum Gasteiger partial charge on any atom is 0.0521 e. The Bertz CT molecular complexity index is 441. The van der Waals surface area contributed by atoms with E-state index < -0.39 is 0 Å². The molecule has 0 spiro atoms. The molecule has 2 aliphatic rings. The highest BCUT2D eigenvalue weighted by atomic mass is 15.3. The molecule has 2 aliphatic heterocycles. The normalized spacial score (nSPS) is 33.3. The fourth-order valence-electron chi connectivity index (χ4n) is 4.03. The van der Waals surface area contributed by atoms with Gasteiger partial charge in [0.25, 0.3) is 0 Å². The molecule has 3 rings (SSSR count). The summed E-state index contributed by atoms with van der Waals surface area (Å²) < 4.78 is 2.01. The average Bonchev–Trinajstić information content (AvgIpc) is 2.77. The zero-order chi connectivity index (χ0) is 13.5. The first kappa shape index (κ1) is 13.1. The zero-order valence-corrected chi connectivity index (χ0v) is 12.5. The van der Waals surface area contributed by atoms with Gasteiger partial charge in [-0.15, -0.1) is 0 Å². The Morgan fingerprint density at radius 3 is 2.89 bits per heavy atom. The predicted molar refractivity (Wildman–Crippen MR) is 76.9 cm³/mol. The number of likely N-dealkylation sites (tertiary alicyclic amines) is 2. The molecule has 0 N–H and O–H groups in total. The monoisotopic (exact) mass is 262 g/mol. The van der Waals surface area contributed by atoms with Crippen LogP contribution >= 0.6 is 0 Å². The van der Waals surface area contributed by atoms with Crippen molar-refractivity contribution in [2.45, 2.75) is 50.7 Å². The molecule has 0 bridgehead atoms. The molecule has 2 atom stereocenters. The number of aryl methyl sites for hydroxylation is 1. The number of aromatic nitrogens is 2. The first-order chi connectivity index (χ1) is 9.11. The maximum absolute atomic E-state index is 4.30. The van der Waals surface area contributed by atoms with E-state index in [4.69, 9.17) is 0 Å². The molecule has 2 saturated heterocycles. The molecule has 0 radical (unpaired) electrons. The highest BCUT2D eigenvalue weighted by Crippen LogP contribution is 2.38. The third-order valence-corrected chi connectivity index (χ3v) is 5.42. The molecule has 1 aromatic heterocycles. The van der Waals surface area contributed by atoms with E-state index in [0.29, 0.717) is 11.6 Å². The molecule has 3 heterocycles. The lowest BCUT2D eigenvalue weighted by Gasteiger charge is -2.55. The topological polar surface area (TPSA) is 24.3 Å². The van der Waals surface area contributed by atoms with Crippen molar-refractivity contribution in [2.24, 2.45) is 7.05 Å². The Balaban J connectivity index is 1.80. The molecule has 19 heavy (non-hydrogen) atoms. The van der Waals surface area contributed by atoms with Gasteiger partial charge in [-0.3, -0.25) is 14.5 Å². The number of likely N-dealkylation sites (N-methyl/N-ethyl adjacent to an activating group) is 1. The molecule has 0 aromatic carbocycles. The molecular formula is C15H26N4. The fourth-order valence-corrected chi connectivity index (χ4v) is 4.03. The molecule has 4 heteroatoms. The summed E-state index contributed by atoms with van der Waals surface area (Å²) in [5.74, 6) is 0. The summed E-state index contributed by atoms with van der Waals surface area (Å²) in [7, 11) is 4.35. The first-order valence-electron chi connectivity index (χ1n) is 7.53. The Morgan fingerprint density at radius 2 is 2.16 bits per heavy atom. The predicted octanol–water partition coefficient (Wildman–Crippen LogP) is 1.87. The highest BCUT2D eigenvalue weighted by Gasteiger charge is 2.45. The molecular weight excluding hydrogens is 236 g/mol. The van der Waals surface area contributed by atoms with Crippen molar-refractivity contribution in [3.8, 4) is 0 Å². The van der Waals surface area contributed by atoms with E-state index in [2.05, 4.69) is 34.9 Å². The van der Waals surface area contributed by atoms with E-state index in [0.717, 1.165) is 6.54 Å². The minimum atomic E-state index is 0.370. The van der Waals surface area contributed by atoms with E-state index >= 15 is 0 Å². The van der Waals surface area contributed by atoms with Crippen LogP contribution in [0.5, 0.6) is 0 Å². The molecule has 4 nitrogen and oxygen atoms in total. The molecule has 0 unspecified atom stereocenters. The second-order valence-electron chi connectivity index (χ2n) is 6.46. The van der Waals surface area contributed by atoms with E-state index in [1.54, 1.807) is 0 Å². The lowest BCUT2D eigenvalue weighted by Crippen LogP contribution is -2.64. The second-order valence-corrected chi connectivity index (χ2v) is 6.46. The van der Waals surface area contributed by atoms with Gasteiger partial charge in [0.05, 0.1) is 5.69 Å². The van der Waals surface area contributed by atoms with E-state index in [1.807, 2.05) is 17.9 Å². The van der Waals surface area contributed by atoms with Crippen molar-refractivity contribution in [1.82, 2.24) is 19.6 Å². The number of rotatable bonds is 2. The van der Waals surface area contributed by atoms with E-state index in [-0.39, 0.29) is 0 Å². The van der Waals surface area contributed by atoms with E-state index in [1.165, 1.54) is 44.5 Å². The Hall–Kier alpha value is -0.870. The molecule has 1 aromatic rings. The van der Waals surface area contributed by atoms with Gasteiger partial charge >= 0.3 is 0 Å². The smallest absolute Gasteiger partial charge is 0.0521 e. The number of fused-ring (bicyclic) bond motifs is 1. The van der Waals surface area contributed by atoms with Crippen LogP contribution in [-0.2, 0) is 13.6 Å². The van der Waals surface area contributed by atoms with Gasteiger partial charge in [-0.25, -0.2) is 0 Å². The van der Waals surface area contributed by atoms with Crippen LogP contribution in [-0.4, -0.2) is 51.3 Å². The minimum absolute atomic E-state index is 0.370. The van der Waals surface area contributed by atoms with Crippen molar-refractivity contribution < 1.29 is 0 Å². The quantitative estimate of drug-likeness (QED) is 0.813. The standard InChI is InChI=1S/C15H26N4/c1-15-8-5-11-19(12-13-7-9-16-18(13)3)14(15)6-4-10-17(15)2/h7,9,14H,4-6,8,10-12H2,1-3H3/t14-,15+/m1/s1. The molecule has 2 fully saturated rings. The summed E-state index contributed by atoms with van der Waals surface area (Å²) in [5.41, 5.74) is 1.70. The van der Waals surface area contributed by atoms with Gasteiger partial charge in [0, 0.05) is 31.4 Å². The zero-order valence-electron chi connectivity index (χ0n) is 12.5.